The highest BCUT2D eigenvalue weighted by Gasteiger charge is 2.40. The Kier molecular flexibility index (Phi) is 8.25. The molecule has 2 fully saturated rings. The van der Waals surface area contributed by atoms with Crippen LogP contribution in [0, 0.1) is 5.92 Å². The Hall–Kier alpha value is -2.83. The summed E-state index contributed by atoms with van der Waals surface area (Å²) >= 11 is 5.93. The van der Waals surface area contributed by atoms with E-state index in [4.69, 9.17) is 16.3 Å². The zero-order valence-electron chi connectivity index (χ0n) is 19.5. The van der Waals surface area contributed by atoms with Crippen molar-refractivity contribution in [1.29, 1.82) is 0 Å². The number of morpholine rings is 1. The molecule has 2 N–H and O–H groups in total. The fourth-order valence-electron chi connectivity index (χ4n) is 4.62. The molecule has 4 rings (SSSR count). The van der Waals surface area contributed by atoms with Gasteiger partial charge in [0.1, 0.15) is 6.10 Å². The van der Waals surface area contributed by atoms with Crippen molar-refractivity contribution >= 4 is 29.5 Å². The molecule has 1 heterocycles. The van der Waals surface area contributed by atoms with Gasteiger partial charge >= 0.3 is 0 Å². The Labute approximate surface area is 206 Å². The summed E-state index contributed by atoms with van der Waals surface area (Å²) < 4.78 is 6.02. The minimum absolute atomic E-state index is 0.0703. The molecular formula is C27H32ClN3O3. The summed E-state index contributed by atoms with van der Waals surface area (Å²) in [5.74, 6) is 0.0414. The van der Waals surface area contributed by atoms with Crippen LogP contribution in [0.15, 0.2) is 60.4 Å². The maximum absolute atomic E-state index is 12.7. The van der Waals surface area contributed by atoms with Crippen LogP contribution in [-0.4, -0.2) is 49.0 Å². The van der Waals surface area contributed by atoms with E-state index >= 15 is 0 Å². The molecule has 180 valence electrons. The quantitative estimate of drug-likeness (QED) is 0.441. The summed E-state index contributed by atoms with van der Waals surface area (Å²) in [7, 11) is 2.09. The van der Waals surface area contributed by atoms with Crippen LogP contribution in [0.3, 0.4) is 0 Å². The van der Waals surface area contributed by atoms with Crippen LogP contribution in [0.5, 0.6) is 0 Å². The van der Waals surface area contributed by atoms with Gasteiger partial charge in [0.2, 0.25) is 5.91 Å². The summed E-state index contributed by atoms with van der Waals surface area (Å²) in [6.45, 7) is 2.46. The zero-order valence-corrected chi connectivity index (χ0v) is 20.3. The first-order valence-corrected chi connectivity index (χ1v) is 12.3. The van der Waals surface area contributed by atoms with Crippen LogP contribution < -0.4 is 10.6 Å². The topological polar surface area (TPSA) is 70.7 Å². The molecule has 6 nitrogen and oxygen atoms in total. The summed E-state index contributed by atoms with van der Waals surface area (Å²) in [4.78, 5) is 27.6. The Morgan fingerprint density at radius 1 is 1.18 bits per heavy atom. The molecule has 1 saturated heterocycles. The number of halogens is 1. The van der Waals surface area contributed by atoms with Crippen molar-refractivity contribution in [2.45, 2.75) is 44.4 Å². The Morgan fingerprint density at radius 3 is 2.71 bits per heavy atom. The van der Waals surface area contributed by atoms with Crippen molar-refractivity contribution in [3.63, 3.8) is 0 Å². The van der Waals surface area contributed by atoms with E-state index in [2.05, 4.69) is 46.8 Å². The molecular weight excluding hydrogens is 450 g/mol. The third-order valence-corrected chi connectivity index (χ3v) is 6.71. The van der Waals surface area contributed by atoms with Gasteiger partial charge in [-0.2, -0.15) is 0 Å². The van der Waals surface area contributed by atoms with Crippen LogP contribution in [0.2, 0.25) is 5.02 Å². The smallest absolute Gasteiger partial charge is 0.286 e. The van der Waals surface area contributed by atoms with Gasteiger partial charge in [-0.25, -0.2) is 0 Å². The number of benzene rings is 2. The Balaban J connectivity index is 1.20. The molecule has 34 heavy (non-hydrogen) atoms. The Bertz CT molecular complexity index is 1010. The van der Waals surface area contributed by atoms with Gasteiger partial charge < -0.3 is 20.3 Å². The van der Waals surface area contributed by atoms with Crippen molar-refractivity contribution in [3.8, 4) is 0 Å². The van der Waals surface area contributed by atoms with Gasteiger partial charge in [-0.1, -0.05) is 54.1 Å². The minimum Gasteiger partial charge on any atom is -0.483 e. The number of nitrogens with one attached hydrogen (secondary N) is 2. The third-order valence-electron chi connectivity index (χ3n) is 6.46. The SMILES string of the molecule is CN(CCCNC(=O)C1CCC2O/C(=C/c3ccc(Cl)cc3)C(=O)NC2C1)Cc1ccccc1. The molecule has 2 aromatic rings. The lowest BCUT2D eigenvalue weighted by Gasteiger charge is -2.39. The van der Waals surface area contributed by atoms with Crippen molar-refractivity contribution in [3.05, 3.63) is 76.5 Å². The van der Waals surface area contributed by atoms with Gasteiger partial charge in [0.05, 0.1) is 6.04 Å². The van der Waals surface area contributed by atoms with Gasteiger partial charge in [-0.05, 0) is 68.6 Å². The van der Waals surface area contributed by atoms with E-state index in [-0.39, 0.29) is 29.9 Å². The maximum atomic E-state index is 12.7. The van der Waals surface area contributed by atoms with Crippen molar-refractivity contribution in [2.24, 2.45) is 5.92 Å². The highest BCUT2D eigenvalue weighted by Crippen LogP contribution is 2.31. The van der Waals surface area contributed by atoms with Gasteiger partial charge in [0.15, 0.2) is 5.76 Å². The second kappa shape index (κ2) is 11.5. The molecule has 2 aliphatic rings. The van der Waals surface area contributed by atoms with Crippen LogP contribution in [0.4, 0.5) is 0 Å². The average molecular weight is 482 g/mol. The number of rotatable bonds is 8. The van der Waals surface area contributed by atoms with Crippen LogP contribution in [-0.2, 0) is 20.9 Å². The predicted molar refractivity (Wildman–Crippen MR) is 134 cm³/mol. The highest BCUT2D eigenvalue weighted by atomic mass is 35.5. The average Bonchev–Trinajstić information content (AvgIpc) is 2.84. The third kappa shape index (κ3) is 6.61. The van der Waals surface area contributed by atoms with Gasteiger partial charge in [-0.3, -0.25) is 9.59 Å². The molecule has 0 bridgehead atoms. The number of nitrogens with zero attached hydrogens (tertiary/aromatic N) is 1. The lowest BCUT2D eigenvalue weighted by atomic mass is 9.82. The van der Waals surface area contributed by atoms with E-state index in [0.717, 1.165) is 37.9 Å². The number of fused-ring (bicyclic) bond motifs is 1. The first kappa shape index (κ1) is 24.3. The molecule has 3 unspecified atom stereocenters. The molecule has 0 radical (unpaired) electrons. The number of hydrogen-bond acceptors (Lipinski definition) is 4. The number of hydrogen-bond donors (Lipinski definition) is 2. The zero-order chi connectivity index (χ0) is 23.9. The maximum Gasteiger partial charge on any atom is 0.286 e. The van der Waals surface area contributed by atoms with E-state index in [1.165, 1.54) is 5.56 Å². The monoisotopic (exact) mass is 481 g/mol. The molecule has 2 amide bonds. The van der Waals surface area contributed by atoms with Gasteiger partial charge in [0, 0.05) is 24.0 Å². The second-order valence-corrected chi connectivity index (χ2v) is 9.61. The largest absolute Gasteiger partial charge is 0.483 e. The molecule has 0 aromatic heterocycles. The van der Waals surface area contributed by atoms with Crippen molar-refractivity contribution < 1.29 is 14.3 Å². The molecule has 1 saturated carbocycles. The van der Waals surface area contributed by atoms with E-state index in [9.17, 15) is 9.59 Å². The fraction of sp³-hybridized carbons (Fsp3) is 0.407. The summed E-state index contributed by atoms with van der Waals surface area (Å²) in [5.41, 5.74) is 2.14. The van der Waals surface area contributed by atoms with Crippen LogP contribution in [0.25, 0.3) is 6.08 Å². The van der Waals surface area contributed by atoms with Crippen LogP contribution >= 0.6 is 11.6 Å². The second-order valence-electron chi connectivity index (χ2n) is 9.17. The van der Waals surface area contributed by atoms with Crippen molar-refractivity contribution in [1.82, 2.24) is 15.5 Å². The first-order valence-electron chi connectivity index (χ1n) is 11.9. The lowest BCUT2D eigenvalue weighted by Crippen LogP contribution is -2.54. The predicted octanol–water partition coefficient (Wildman–Crippen LogP) is 4.00. The van der Waals surface area contributed by atoms with E-state index in [1.54, 1.807) is 18.2 Å². The molecule has 0 spiro atoms. The highest BCUT2D eigenvalue weighted by molar-refractivity contribution is 6.30. The lowest BCUT2D eigenvalue weighted by molar-refractivity contribution is -0.134. The Morgan fingerprint density at radius 2 is 1.94 bits per heavy atom. The summed E-state index contributed by atoms with van der Waals surface area (Å²) in [6, 6.07) is 17.5. The molecule has 7 heteroatoms. The fourth-order valence-corrected chi connectivity index (χ4v) is 4.74. The van der Waals surface area contributed by atoms with Gasteiger partial charge in [-0.15, -0.1) is 0 Å². The van der Waals surface area contributed by atoms with Gasteiger partial charge in [0.25, 0.3) is 5.91 Å². The van der Waals surface area contributed by atoms with E-state index in [1.807, 2.05) is 18.2 Å². The minimum atomic E-state index is -0.237. The van der Waals surface area contributed by atoms with E-state index < -0.39 is 0 Å². The molecule has 1 aliphatic carbocycles. The normalized spacial score (nSPS) is 23.2. The standard InChI is InChI=1S/C27H32ClN3O3/c1-31(18-20-6-3-2-4-7-20)15-5-14-29-26(32)21-10-13-24-23(17-21)30-27(33)25(34-24)16-19-8-11-22(28)12-9-19/h2-4,6-9,11-12,16,21,23-24H,5,10,13-15,17-18H2,1H3,(H,29,32)(H,30,33)/b25-16+. The number of ether oxygens (including phenoxy) is 1. The molecule has 1 aliphatic heterocycles. The van der Waals surface area contributed by atoms with E-state index in [0.29, 0.717) is 23.7 Å². The van der Waals surface area contributed by atoms with Crippen molar-refractivity contribution in [2.75, 3.05) is 20.1 Å². The number of carbonyl (C=O) groups excluding carboxylic acids is 2. The molecule has 2 aromatic carbocycles. The summed E-state index contributed by atoms with van der Waals surface area (Å²) in [5, 5.41) is 6.77. The number of carbonyl (C=O) groups is 2. The number of amides is 2. The first-order chi connectivity index (χ1) is 16.5. The summed E-state index contributed by atoms with van der Waals surface area (Å²) in [6.07, 6.45) is 4.62. The molecule has 3 atom stereocenters. The van der Waals surface area contributed by atoms with Crippen LogP contribution in [0.1, 0.15) is 36.8 Å².